The van der Waals surface area contributed by atoms with E-state index in [1.165, 1.54) is 17.1 Å². The third-order valence-corrected chi connectivity index (χ3v) is 4.92. The van der Waals surface area contributed by atoms with E-state index < -0.39 is 25.2 Å². The minimum absolute atomic E-state index is 0.112. The minimum atomic E-state index is -1.20. The SMILES string of the molecule is O=C(O)COc1ccc(/C=C2\C(=O)N(c3ccccc3)N=C2c2ccccc2)c(OCC(=O)O)c1. The van der Waals surface area contributed by atoms with Crippen LogP contribution in [0.15, 0.2) is 89.5 Å². The predicted molar refractivity (Wildman–Crippen MR) is 128 cm³/mol. The van der Waals surface area contributed by atoms with Gasteiger partial charge in [-0.25, -0.2) is 9.59 Å². The van der Waals surface area contributed by atoms with Gasteiger partial charge in [0.2, 0.25) is 0 Å². The highest BCUT2D eigenvalue weighted by atomic mass is 16.5. The number of aliphatic carboxylic acids is 2. The topological polar surface area (TPSA) is 126 Å². The number of nitrogens with zero attached hydrogens (tertiary/aromatic N) is 2. The average Bonchev–Trinajstić information content (AvgIpc) is 3.19. The second-order valence-corrected chi connectivity index (χ2v) is 7.39. The summed E-state index contributed by atoms with van der Waals surface area (Å²) in [6.07, 6.45) is 1.56. The fraction of sp³-hybridized carbons (Fsp3) is 0.0769. The summed E-state index contributed by atoms with van der Waals surface area (Å²) in [4.78, 5) is 35.3. The van der Waals surface area contributed by atoms with Crippen LogP contribution in [0.1, 0.15) is 11.1 Å². The highest BCUT2D eigenvalue weighted by molar-refractivity contribution is 6.37. The van der Waals surface area contributed by atoms with Crippen LogP contribution < -0.4 is 14.5 Å². The Hall–Kier alpha value is -4.92. The lowest BCUT2D eigenvalue weighted by Crippen LogP contribution is -2.21. The van der Waals surface area contributed by atoms with Gasteiger partial charge in [-0.3, -0.25) is 4.79 Å². The Morgan fingerprint density at radius 2 is 1.49 bits per heavy atom. The van der Waals surface area contributed by atoms with E-state index in [1.807, 2.05) is 36.4 Å². The van der Waals surface area contributed by atoms with Gasteiger partial charge in [0.25, 0.3) is 5.91 Å². The van der Waals surface area contributed by atoms with Crippen LogP contribution in [0.5, 0.6) is 11.5 Å². The van der Waals surface area contributed by atoms with Gasteiger partial charge in [0.1, 0.15) is 17.2 Å². The van der Waals surface area contributed by atoms with E-state index in [-0.39, 0.29) is 23.0 Å². The summed E-state index contributed by atoms with van der Waals surface area (Å²) in [6, 6.07) is 22.6. The molecule has 35 heavy (non-hydrogen) atoms. The molecule has 0 fully saturated rings. The van der Waals surface area contributed by atoms with Crippen molar-refractivity contribution >= 4 is 35.3 Å². The molecule has 0 spiro atoms. The van der Waals surface area contributed by atoms with Gasteiger partial charge in [0, 0.05) is 17.2 Å². The number of carbonyl (C=O) groups excluding carboxylic acids is 1. The van der Waals surface area contributed by atoms with Gasteiger partial charge < -0.3 is 19.7 Å². The zero-order valence-corrected chi connectivity index (χ0v) is 18.3. The van der Waals surface area contributed by atoms with Crippen LogP contribution in [0.2, 0.25) is 0 Å². The molecule has 1 aliphatic heterocycles. The van der Waals surface area contributed by atoms with Crippen molar-refractivity contribution in [3.05, 3.63) is 95.6 Å². The van der Waals surface area contributed by atoms with E-state index >= 15 is 0 Å². The first-order valence-electron chi connectivity index (χ1n) is 10.5. The van der Waals surface area contributed by atoms with Crippen molar-refractivity contribution in [2.24, 2.45) is 5.10 Å². The molecule has 0 bridgehead atoms. The summed E-state index contributed by atoms with van der Waals surface area (Å²) < 4.78 is 10.6. The van der Waals surface area contributed by atoms with Crippen molar-refractivity contribution < 1.29 is 34.1 Å². The number of rotatable bonds is 9. The van der Waals surface area contributed by atoms with Crippen LogP contribution in [-0.2, 0) is 14.4 Å². The highest BCUT2D eigenvalue weighted by Crippen LogP contribution is 2.32. The van der Waals surface area contributed by atoms with E-state index in [0.717, 1.165) is 5.56 Å². The van der Waals surface area contributed by atoms with E-state index in [1.54, 1.807) is 36.4 Å². The number of benzene rings is 3. The molecule has 1 heterocycles. The number of para-hydroxylation sites is 1. The maximum absolute atomic E-state index is 13.4. The molecule has 9 nitrogen and oxygen atoms in total. The Balaban J connectivity index is 1.77. The molecular formula is C26H20N2O7. The molecule has 4 rings (SSSR count). The molecule has 0 saturated carbocycles. The van der Waals surface area contributed by atoms with Gasteiger partial charge in [0.15, 0.2) is 13.2 Å². The normalized spacial score (nSPS) is 14.1. The molecule has 1 aliphatic rings. The van der Waals surface area contributed by atoms with Crippen LogP contribution in [0, 0.1) is 0 Å². The maximum atomic E-state index is 13.4. The molecule has 0 radical (unpaired) electrons. The van der Waals surface area contributed by atoms with Crippen molar-refractivity contribution in [3.63, 3.8) is 0 Å². The van der Waals surface area contributed by atoms with Crippen molar-refractivity contribution in [2.75, 3.05) is 18.2 Å². The molecule has 3 aromatic rings. The zero-order valence-electron chi connectivity index (χ0n) is 18.3. The number of amides is 1. The third kappa shape index (κ3) is 5.53. The number of carboxylic acid groups (broad SMARTS) is 2. The molecule has 0 saturated heterocycles. The highest BCUT2D eigenvalue weighted by Gasteiger charge is 2.32. The maximum Gasteiger partial charge on any atom is 0.341 e. The van der Waals surface area contributed by atoms with Crippen LogP contribution in [0.3, 0.4) is 0 Å². The lowest BCUT2D eigenvalue weighted by Gasteiger charge is -2.12. The van der Waals surface area contributed by atoms with E-state index in [9.17, 15) is 14.4 Å². The third-order valence-electron chi connectivity index (χ3n) is 4.92. The number of carbonyl (C=O) groups is 3. The zero-order chi connectivity index (χ0) is 24.8. The Labute approximate surface area is 200 Å². The Kier molecular flexibility index (Phi) is 6.87. The second-order valence-electron chi connectivity index (χ2n) is 7.39. The van der Waals surface area contributed by atoms with Gasteiger partial charge in [-0.15, -0.1) is 0 Å². The Morgan fingerprint density at radius 3 is 2.14 bits per heavy atom. The monoisotopic (exact) mass is 472 g/mol. The molecule has 1 amide bonds. The van der Waals surface area contributed by atoms with Gasteiger partial charge in [0.05, 0.1) is 11.3 Å². The minimum Gasteiger partial charge on any atom is -0.482 e. The molecular weight excluding hydrogens is 452 g/mol. The average molecular weight is 472 g/mol. The number of hydrogen-bond acceptors (Lipinski definition) is 6. The fourth-order valence-corrected chi connectivity index (χ4v) is 3.39. The molecule has 0 aromatic heterocycles. The molecule has 0 aliphatic carbocycles. The van der Waals surface area contributed by atoms with Crippen LogP contribution in [0.25, 0.3) is 6.08 Å². The van der Waals surface area contributed by atoms with E-state index in [0.29, 0.717) is 17.0 Å². The first kappa shape index (κ1) is 23.2. The number of hydrazone groups is 1. The first-order valence-corrected chi connectivity index (χ1v) is 10.5. The number of hydrogen-bond donors (Lipinski definition) is 2. The van der Waals surface area contributed by atoms with Gasteiger partial charge >= 0.3 is 11.9 Å². The molecule has 9 heteroatoms. The summed E-state index contributed by atoms with van der Waals surface area (Å²) in [5, 5.41) is 23.8. The summed E-state index contributed by atoms with van der Waals surface area (Å²) in [5.74, 6) is -2.44. The van der Waals surface area contributed by atoms with Gasteiger partial charge in [-0.2, -0.15) is 10.1 Å². The Bertz CT molecular complexity index is 1320. The van der Waals surface area contributed by atoms with Crippen molar-refractivity contribution in [3.8, 4) is 11.5 Å². The van der Waals surface area contributed by atoms with Gasteiger partial charge in [-0.05, 0) is 30.3 Å². The Morgan fingerprint density at radius 1 is 0.857 bits per heavy atom. The lowest BCUT2D eigenvalue weighted by molar-refractivity contribution is -0.140. The predicted octanol–water partition coefficient (Wildman–Crippen LogP) is 3.45. The molecule has 2 N–H and O–H groups in total. The number of ether oxygens (including phenoxy) is 2. The summed E-state index contributed by atoms with van der Waals surface area (Å²) in [6.45, 7) is -1.21. The number of carboxylic acids is 2. The lowest BCUT2D eigenvalue weighted by atomic mass is 10.00. The van der Waals surface area contributed by atoms with Crippen molar-refractivity contribution in [2.45, 2.75) is 0 Å². The standard InChI is InChI=1S/C26H20N2O7/c29-23(30)15-34-20-12-11-18(22(14-20)35-16-24(31)32)13-21-25(17-7-3-1-4-8-17)27-28(26(21)33)19-9-5-2-6-10-19/h1-14H,15-16H2,(H,29,30)(H,31,32)/b21-13-. The van der Waals surface area contributed by atoms with Gasteiger partial charge in [-0.1, -0.05) is 48.5 Å². The molecule has 0 unspecified atom stereocenters. The largest absolute Gasteiger partial charge is 0.482 e. The summed E-state index contributed by atoms with van der Waals surface area (Å²) in [7, 11) is 0. The summed E-state index contributed by atoms with van der Waals surface area (Å²) in [5.41, 5.74) is 2.43. The number of anilines is 1. The quantitative estimate of drug-likeness (QED) is 0.457. The summed E-state index contributed by atoms with van der Waals surface area (Å²) >= 11 is 0. The molecule has 0 atom stereocenters. The van der Waals surface area contributed by atoms with E-state index in [4.69, 9.17) is 19.7 Å². The first-order chi connectivity index (χ1) is 16.9. The van der Waals surface area contributed by atoms with Crippen LogP contribution in [-0.4, -0.2) is 47.0 Å². The fourth-order valence-electron chi connectivity index (χ4n) is 3.39. The van der Waals surface area contributed by atoms with Crippen molar-refractivity contribution in [1.82, 2.24) is 0 Å². The molecule has 3 aromatic carbocycles. The smallest absolute Gasteiger partial charge is 0.341 e. The van der Waals surface area contributed by atoms with Crippen LogP contribution >= 0.6 is 0 Å². The molecule has 176 valence electrons. The van der Waals surface area contributed by atoms with Crippen molar-refractivity contribution in [1.29, 1.82) is 0 Å². The van der Waals surface area contributed by atoms with Crippen LogP contribution in [0.4, 0.5) is 5.69 Å². The second kappa shape index (κ2) is 10.3. The van der Waals surface area contributed by atoms with E-state index in [2.05, 4.69) is 5.10 Å².